The van der Waals surface area contributed by atoms with Gasteiger partial charge in [0, 0.05) is 17.8 Å². The van der Waals surface area contributed by atoms with Crippen molar-refractivity contribution in [2.24, 2.45) is 7.05 Å². The molecule has 0 spiro atoms. The highest BCUT2D eigenvalue weighted by atomic mass is 19.4. The molecule has 4 aromatic rings. The van der Waals surface area contributed by atoms with Gasteiger partial charge < -0.3 is 9.67 Å². The molecule has 0 unspecified atom stereocenters. The number of pyridine rings is 1. The van der Waals surface area contributed by atoms with E-state index in [0.29, 0.717) is 27.5 Å². The second kappa shape index (κ2) is 5.35. The average molecular weight is 358 g/mol. The molecule has 4 rings (SSSR count). The van der Waals surface area contributed by atoms with Gasteiger partial charge in [-0.2, -0.15) is 23.0 Å². The van der Waals surface area contributed by atoms with E-state index < -0.39 is 11.7 Å². The second-order valence-electron chi connectivity index (χ2n) is 5.93. The van der Waals surface area contributed by atoms with Crippen molar-refractivity contribution in [1.29, 1.82) is 5.41 Å². The second-order valence-corrected chi connectivity index (χ2v) is 5.93. The number of hydrogen-bond acceptors (Lipinski definition) is 3. The molecule has 0 atom stereocenters. The number of aryl methyl sites for hydroxylation is 1. The van der Waals surface area contributed by atoms with Gasteiger partial charge >= 0.3 is 6.18 Å². The topological polar surface area (TPSA) is 66.8 Å². The van der Waals surface area contributed by atoms with Crippen LogP contribution in [0.3, 0.4) is 0 Å². The third-order valence-electron chi connectivity index (χ3n) is 4.38. The summed E-state index contributed by atoms with van der Waals surface area (Å²) in [4.78, 5) is 0. The Morgan fingerprint density at radius 2 is 1.62 bits per heavy atom. The molecule has 2 aromatic heterocycles. The Morgan fingerprint density at radius 1 is 1.00 bits per heavy atom. The van der Waals surface area contributed by atoms with E-state index in [1.807, 2.05) is 0 Å². The lowest BCUT2D eigenvalue weighted by Gasteiger charge is -2.08. The fourth-order valence-electron chi connectivity index (χ4n) is 3.05. The molecule has 0 aliphatic carbocycles. The van der Waals surface area contributed by atoms with E-state index in [1.165, 1.54) is 21.4 Å². The normalized spacial score (nSPS) is 12.2. The van der Waals surface area contributed by atoms with Crippen LogP contribution in [-0.4, -0.2) is 19.5 Å². The van der Waals surface area contributed by atoms with E-state index in [1.54, 1.807) is 31.3 Å². The standard InChI is InChI=1S/C18H13F3N4O/c1-24-15-14(12-4-2-3-5-13(12)16(24)22)23-25(17(15)26)11-8-6-10(7-9-11)18(19,20)21/h2-9,22,26H,1H3. The third kappa shape index (κ3) is 2.26. The van der Waals surface area contributed by atoms with Crippen LogP contribution in [-0.2, 0) is 13.2 Å². The minimum absolute atomic E-state index is 0.204. The zero-order chi connectivity index (χ0) is 18.6. The molecule has 0 aliphatic rings. The maximum absolute atomic E-state index is 12.7. The molecule has 0 radical (unpaired) electrons. The summed E-state index contributed by atoms with van der Waals surface area (Å²) >= 11 is 0. The summed E-state index contributed by atoms with van der Waals surface area (Å²) in [5.41, 5.74) is 0.532. The Hall–Kier alpha value is -3.29. The highest BCUT2D eigenvalue weighted by Crippen LogP contribution is 2.33. The summed E-state index contributed by atoms with van der Waals surface area (Å²) in [5.74, 6) is -0.235. The number of alkyl halides is 3. The number of rotatable bonds is 1. The lowest BCUT2D eigenvalue weighted by atomic mass is 10.1. The van der Waals surface area contributed by atoms with Crippen LogP contribution in [0, 0.1) is 5.41 Å². The fraction of sp³-hybridized carbons (Fsp3) is 0.111. The monoisotopic (exact) mass is 358 g/mol. The molecular formula is C18H13F3N4O. The van der Waals surface area contributed by atoms with Crippen LogP contribution >= 0.6 is 0 Å². The molecule has 0 bridgehead atoms. The Bertz CT molecular complexity index is 1200. The zero-order valence-corrected chi connectivity index (χ0v) is 13.5. The molecule has 2 aromatic carbocycles. The van der Waals surface area contributed by atoms with Crippen molar-refractivity contribution in [3.05, 3.63) is 59.6 Å². The van der Waals surface area contributed by atoms with E-state index in [4.69, 9.17) is 5.41 Å². The van der Waals surface area contributed by atoms with Crippen molar-refractivity contribution in [2.45, 2.75) is 6.18 Å². The maximum Gasteiger partial charge on any atom is 0.416 e. The molecule has 5 nitrogen and oxygen atoms in total. The van der Waals surface area contributed by atoms with Gasteiger partial charge in [0.15, 0.2) is 0 Å². The van der Waals surface area contributed by atoms with Crippen LogP contribution in [0.1, 0.15) is 5.56 Å². The molecule has 0 fully saturated rings. The number of aromatic nitrogens is 3. The van der Waals surface area contributed by atoms with Gasteiger partial charge in [-0.05, 0) is 24.3 Å². The first-order chi connectivity index (χ1) is 12.3. The number of benzene rings is 2. The quantitative estimate of drug-likeness (QED) is 0.545. The Balaban J connectivity index is 2.01. The highest BCUT2D eigenvalue weighted by Gasteiger charge is 2.30. The van der Waals surface area contributed by atoms with Gasteiger partial charge in [-0.15, -0.1) is 0 Å². The van der Waals surface area contributed by atoms with Crippen molar-refractivity contribution in [3.63, 3.8) is 0 Å². The molecule has 0 aliphatic heterocycles. The molecule has 0 amide bonds. The molecule has 26 heavy (non-hydrogen) atoms. The number of nitrogens with one attached hydrogen (secondary N) is 1. The summed E-state index contributed by atoms with van der Waals surface area (Å²) in [6.07, 6.45) is -4.43. The summed E-state index contributed by atoms with van der Waals surface area (Å²) in [6.45, 7) is 0. The molecule has 132 valence electrons. The fourth-order valence-corrected chi connectivity index (χ4v) is 3.05. The smallest absolute Gasteiger partial charge is 0.416 e. The zero-order valence-electron chi connectivity index (χ0n) is 13.5. The van der Waals surface area contributed by atoms with Gasteiger partial charge in [-0.1, -0.05) is 24.3 Å². The Labute approximate surface area is 145 Å². The van der Waals surface area contributed by atoms with E-state index >= 15 is 0 Å². The first kappa shape index (κ1) is 16.2. The summed E-state index contributed by atoms with van der Waals surface area (Å²) in [7, 11) is 1.63. The van der Waals surface area contributed by atoms with Crippen LogP contribution in [0.15, 0.2) is 48.5 Å². The lowest BCUT2D eigenvalue weighted by Crippen LogP contribution is -2.17. The summed E-state index contributed by atoms with van der Waals surface area (Å²) in [6, 6.07) is 11.6. The minimum Gasteiger partial charge on any atom is -0.492 e. The molecule has 0 saturated carbocycles. The van der Waals surface area contributed by atoms with E-state index in [0.717, 1.165) is 12.1 Å². The number of fused-ring (bicyclic) bond motifs is 3. The highest BCUT2D eigenvalue weighted by molar-refractivity contribution is 6.04. The molecule has 0 saturated heterocycles. The minimum atomic E-state index is -4.43. The SMILES string of the molecule is Cn1c(=N)c2ccccc2c2nn(-c3ccc(C(F)(F)F)cc3)c(O)c21. The van der Waals surface area contributed by atoms with Gasteiger partial charge in [-0.25, -0.2) is 0 Å². The van der Waals surface area contributed by atoms with E-state index in [-0.39, 0.29) is 11.4 Å². The van der Waals surface area contributed by atoms with Crippen LogP contribution in [0.4, 0.5) is 13.2 Å². The van der Waals surface area contributed by atoms with E-state index in [2.05, 4.69) is 5.10 Å². The third-order valence-corrected chi connectivity index (χ3v) is 4.38. The summed E-state index contributed by atoms with van der Waals surface area (Å²) in [5, 5.41) is 24.6. The predicted molar refractivity (Wildman–Crippen MR) is 90.1 cm³/mol. The first-order valence-electron chi connectivity index (χ1n) is 7.70. The Morgan fingerprint density at radius 3 is 2.23 bits per heavy atom. The van der Waals surface area contributed by atoms with Gasteiger partial charge in [-0.3, -0.25) is 5.41 Å². The van der Waals surface area contributed by atoms with E-state index in [9.17, 15) is 18.3 Å². The number of hydrogen-bond donors (Lipinski definition) is 2. The lowest BCUT2D eigenvalue weighted by molar-refractivity contribution is -0.137. The van der Waals surface area contributed by atoms with Crippen molar-refractivity contribution < 1.29 is 18.3 Å². The van der Waals surface area contributed by atoms with Gasteiger partial charge in [0.25, 0.3) is 0 Å². The van der Waals surface area contributed by atoms with Crippen molar-refractivity contribution in [1.82, 2.24) is 14.3 Å². The van der Waals surface area contributed by atoms with Gasteiger partial charge in [0.1, 0.15) is 16.5 Å². The van der Waals surface area contributed by atoms with Gasteiger partial charge in [0.05, 0.1) is 11.3 Å². The van der Waals surface area contributed by atoms with Crippen LogP contribution in [0.2, 0.25) is 0 Å². The number of aromatic hydroxyl groups is 1. The predicted octanol–water partition coefficient (Wildman–Crippen LogP) is 3.72. The van der Waals surface area contributed by atoms with Crippen molar-refractivity contribution >= 4 is 21.8 Å². The molecular weight excluding hydrogens is 345 g/mol. The Kier molecular flexibility index (Phi) is 3.33. The average Bonchev–Trinajstić information content (AvgIpc) is 2.97. The van der Waals surface area contributed by atoms with Crippen LogP contribution in [0.5, 0.6) is 5.88 Å². The first-order valence-corrected chi connectivity index (χ1v) is 7.70. The van der Waals surface area contributed by atoms with Crippen LogP contribution < -0.4 is 5.49 Å². The number of nitrogens with zero attached hydrogens (tertiary/aromatic N) is 3. The molecule has 2 N–H and O–H groups in total. The maximum atomic E-state index is 12.7. The van der Waals surface area contributed by atoms with Crippen molar-refractivity contribution in [2.75, 3.05) is 0 Å². The molecule has 8 heteroatoms. The summed E-state index contributed by atoms with van der Waals surface area (Å²) < 4.78 is 40.9. The largest absolute Gasteiger partial charge is 0.492 e. The van der Waals surface area contributed by atoms with Crippen LogP contribution in [0.25, 0.3) is 27.5 Å². The van der Waals surface area contributed by atoms with Gasteiger partial charge in [0.2, 0.25) is 5.88 Å². The molecule has 2 heterocycles. The van der Waals surface area contributed by atoms with Crippen molar-refractivity contribution in [3.8, 4) is 11.6 Å². The number of halogens is 3.